The molecule has 7 heteroatoms. The van der Waals surface area contributed by atoms with E-state index in [2.05, 4.69) is 5.32 Å². The Balaban J connectivity index is 0.00000161. The molecule has 1 N–H and O–H groups in total. The Labute approximate surface area is 135 Å². The van der Waals surface area contributed by atoms with E-state index in [4.69, 9.17) is 0 Å². The van der Waals surface area contributed by atoms with E-state index in [-0.39, 0.29) is 23.9 Å². The van der Waals surface area contributed by atoms with Crippen molar-refractivity contribution in [2.24, 2.45) is 5.41 Å². The van der Waals surface area contributed by atoms with Gasteiger partial charge in [0.25, 0.3) is 10.2 Å². The Morgan fingerprint density at radius 2 is 1.81 bits per heavy atom. The lowest BCUT2D eigenvalue weighted by Gasteiger charge is -2.37. The first-order valence-electron chi connectivity index (χ1n) is 8.01. The minimum Gasteiger partial charge on any atom is -0.317 e. The lowest BCUT2D eigenvalue weighted by Crippen LogP contribution is -2.50. The van der Waals surface area contributed by atoms with Gasteiger partial charge in [-0.1, -0.05) is 6.42 Å². The average molecular weight is 338 g/mol. The quantitative estimate of drug-likeness (QED) is 0.832. The van der Waals surface area contributed by atoms with Gasteiger partial charge < -0.3 is 5.32 Å². The summed E-state index contributed by atoms with van der Waals surface area (Å²) in [5, 5.41) is 3.38. The zero-order chi connectivity index (χ0) is 14.2. The average Bonchev–Trinajstić information content (AvgIpc) is 2.84. The number of rotatable bonds is 2. The Morgan fingerprint density at radius 1 is 1.10 bits per heavy atom. The molecule has 21 heavy (non-hydrogen) atoms. The fourth-order valence-corrected chi connectivity index (χ4v) is 5.99. The van der Waals surface area contributed by atoms with Crippen molar-refractivity contribution in [3.63, 3.8) is 0 Å². The highest BCUT2D eigenvalue weighted by molar-refractivity contribution is 7.86. The first kappa shape index (κ1) is 17.5. The van der Waals surface area contributed by atoms with E-state index < -0.39 is 10.2 Å². The fraction of sp³-hybridized carbons (Fsp3) is 1.00. The minimum absolute atomic E-state index is 0. The SMILES string of the molecule is CC1CCCCN1S(=O)(=O)N1CCC2(CCNCC2)C1.Cl. The lowest BCUT2D eigenvalue weighted by molar-refractivity contribution is 0.209. The third-order valence-electron chi connectivity index (χ3n) is 5.43. The number of halogens is 1. The fourth-order valence-electron chi connectivity index (χ4n) is 4.02. The van der Waals surface area contributed by atoms with Gasteiger partial charge in [-0.2, -0.15) is 17.0 Å². The highest BCUT2D eigenvalue weighted by atomic mass is 35.5. The van der Waals surface area contributed by atoms with Crippen molar-refractivity contribution in [3.8, 4) is 0 Å². The maximum Gasteiger partial charge on any atom is 0.282 e. The smallest absolute Gasteiger partial charge is 0.282 e. The van der Waals surface area contributed by atoms with Crippen LogP contribution < -0.4 is 5.32 Å². The molecule has 3 heterocycles. The predicted molar refractivity (Wildman–Crippen MR) is 86.9 cm³/mol. The molecule has 0 aromatic rings. The molecule has 0 saturated carbocycles. The van der Waals surface area contributed by atoms with E-state index >= 15 is 0 Å². The largest absolute Gasteiger partial charge is 0.317 e. The third-order valence-corrected chi connectivity index (χ3v) is 7.53. The molecule has 0 aromatic carbocycles. The standard InChI is InChI=1S/C14H27N3O2S.ClH/c1-13-4-2-3-10-17(13)20(18,19)16-11-7-14(12-16)5-8-15-9-6-14;/h13,15H,2-12H2,1H3;1H. The Kier molecular flexibility index (Phi) is 5.58. The first-order valence-corrected chi connectivity index (χ1v) is 9.41. The van der Waals surface area contributed by atoms with E-state index in [1.54, 1.807) is 8.61 Å². The number of hydrogen-bond donors (Lipinski definition) is 1. The molecule has 1 atom stereocenters. The molecule has 3 rings (SSSR count). The summed E-state index contributed by atoms with van der Waals surface area (Å²) in [7, 11) is -3.24. The maximum absolute atomic E-state index is 12.9. The topological polar surface area (TPSA) is 52.7 Å². The van der Waals surface area contributed by atoms with Crippen LogP contribution in [0.3, 0.4) is 0 Å². The molecule has 0 amide bonds. The summed E-state index contributed by atoms with van der Waals surface area (Å²) >= 11 is 0. The molecule has 3 aliphatic heterocycles. The van der Waals surface area contributed by atoms with Crippen LogP contribution in [0.5, 0.6) is 0 Å². The monoisotopic (exact) mass is 337 g/mol. The third kappa shape index (κ3) is 3.39. The van der Waals surface area contributed by atoms with Crippen molar-refractivity contribution in [3.05, 3.63) is 0 Å². The second kappa shape index (κ2) is 6.71. The van der Waals surface area contributed by atoms with Gasteiger partial charge in [-0.05, 0) is 57.5 Å². The van der Waals surface area contributed by atoms with Crippen LogP contribution in [-0.4, -0.2) is 55.8 Å². The molecule has 3 saturated heterocycles. The number of hydrogen-bond acceptors (Lipinski definition) is 3. The van der Waals surface area contributed by atoms with E-state index in [0.29, 0.717) is 13.1 Å². The minimum atomic E-state index is -3.24. The van der Waals surface area contributed by atoms with Crippen LogP contribution in [0, 0.1) is 5.41 Å². The van der Waals surface area contributed by atoms with Gasteiger partial charge in [0.15, 0.2) is 0 Å². The molecule has 5 nitrogen and oxygen atoms in total. The molecular weight excluding hydrogens is 310 g/mol. The van der Waals surface area contributed by atoms with Crippen molar-refractivity contribution in [2.45, 2.75) is 51.5 Å². The zero-order valence-corrected chi connectivity index (χ0v) is 14.5. The van der Waals surface area contributed by atoms with Crippen molar-refractivity contribution < 1.29 is 8.42 Å². The summed E-state index contributed by atoms with van der Waals surface area (Å²) in [6, 6.07) is 0.165. The van der Waals surface area contributed by atoms with E-state index in [0.717, 1.165) is 58.2 Å². The Hall–Kier alpha value is 0.120. The second-order valence-corrected chi connectivity index (χ2v) is 8.68. The van der Waals surface area contributed by atoms with E-state index in [1.165, 1.54) is 0 Å². The van der Waals surface area contributed by atoms with Gasteiger partial charge >= 0.3 is 0 Å². The van der Waals surface area contributed by atoms with Crippen LogP contribution in [0.25, 0.3) is 0 Å². The van der Waals surface area contributed by atoms with Gasteiger partial charge in [0.05, 0.1) is 0 Å². The Bertz CT molecular complexity index is 451. The van der Waals surface area contributed by atoms with Crippen molar-refractivity contribution in [2.75, 3.05) is 32.7 Å². The number of nitrogens with one attached hydrogen (secondary N) is 1. The molecule has 1 unspecified atom stereocenters. The van der Waals surface area contributed by atoms with Gasteiger partial charge in [0, 0.05) is 25.7 Å². The molecule has 0 aliphatic carbocycles. The molecule has 0 bridgehead atoms. The molecular formula is C14H28ClN3O2S. The Morgan fingerprint density at radius 3 is 2.48 bits per heavy atom. The van der Waals surface area contributed by atoms with Crippen LogP contribution >= 0.6 is 12.4 Å². The van der Waals surface area contributed by atoms with E-state index in [1.807, 2.05) is 6.92 Å². The van der Waals surface area contributed by atoms with Crippen molar-refractivity contribution in [1.82, 2.24) is 13.9 Å². The van der Waals surface area contributed by atoms with E-state index in [9.17, 15) is 8.42 Å². The van der Waals surface area contributed by atoms with Gasteiger partial charge in [0.1, 0.15) is 0 Å². The van der Waals surface area contributed by atoms with Gasteiger partial charge in [0.2, 0.25) is 0 Å². The van der Waals surface area contributed by atoms with Gasteiger partial charge in [-0.15, -0.1) is 12.4 Å². The van der Waals surface area contributed by atoms with Crippen LogP contribution in [0.2, 0.25) is 0 Å². The molecule has 1 spiro atoms. The predicted octanol–water partition coefficient (Wildman–Crippen LogP) is 1.60. The maximum atomic E-state index is 12.9. The van der Waals surface area contributed by atoms with Crippen LogP contribution in [0.4, 0.5) is 0 Å². The first-order chi connectivity index (χ1) is 9.54. The summed E-state index contributed by atoms with van der Waals surface area (Å²) < 4.78 is 29.2. The summed E-state index contributed by atoms with van der Waals surface area (Å²) in [5.74, 6) is 0. The highest BCUT2D eigenvalue weighted by Crippen LogP contribution is 2.40. The normalized spacial score (nSPS) is 31.2. The van der Waals surface area contributed by atoms with Crippen molar-refractivity contribution in [1.29, 1.82) is 0 Å². The van der Waals surface area contributed by atoms with Gasteiger partial charge in [-0.25, -0.2) is 0 Å². The zero-order valence-electron chi connectivity index (χ0n) is 12.9. The van der Waals surface area contributed by atoms with Gasteiger partial charge in [-0.3, -0.25) is 0 Å². The van der Waals surface area contributed by atoms with Crippen molar-refractivity contribution >= 4 is 22.6 Å². The second-order valence-electron chi connectivity index (χ2n) is 6.80. The molecule has 0 radical (unpaired) electrons. The van der Waals surface area contributed by atoms with Crippen LogP contribution in [-0.2, 0) is 10.2 Å². The number of nitrogens with zero attached hydrogens (tertiary/aromatic N) is 2. The molecule has 3 aliphatic rings. The molecule has 124 valence electrons. The molecule has 3 fully saturated rings. The molecule has 0 aromatic heterocycles. The lowest BCUT2D eigenvalue weighted by atomic mass is 9.78. The summed E-state index contributed by atoms with van der Waals surface area (Å²) in [5.41, 5.74) is 0.247. The van der Waals surface area contributed by atoms with Crippen LogP contribution in [0.15, 0.2) is 0 Å². The summed E-state index contributed by atoms with van der Waals surface area (Å²) in [6.07, 6.45) is 6.44. The number of piperidine rings is 2. The van der Waals surface area contributed by atoms with Crippen LogP contribution in [0.1, 0.15) is 45.4 Å². The summed E-state index contributed by atoms with van der Waals surface area (Å²) in [6.45, 7) is 6.27. The summed E-state index contributed by atoms with van der Waals surface area (Å²) in [4.78, 5) is 0. The highest BCUT2D eigenvalue weighted by Gasteiger charge is 2.45.